The molecule has 0 aromatic heterocycles. The number of hydrogen-bond donors (Lipinski definition) is 2. The minimum absolute atomic E-state index is 0.0104. The molecule has 182 valence electrons. The zero-order chi connectivity index (χ0) is 23.3. The lowest BCUT2D eigenvalue weighted by molar-refractivity contribution is -0.128. The molecule has 2 N–H and O–H groups in total. The van der Waals surface area contributed by atoms with Crippen LogP contribution in [0.15, 0.2) is 0 Å². The van der Waals surface area contributed by atoms with E-state index in [1.807, 2.05) is 6.92 Å². The Hall–Kier alpha value is -1.14. The van der Waals surface area contributed by atoms with Crippen LogP contribution in [0, 0.1) is 10.8 Å². The van der Waals surface area contributed by atoms with E-state index < -0.39 is 0 Å². The lowest BCUT2D eigenvalue weighted by atomic mass is 9.77. The highest BCUT2D eigenvalue weighted by molar-refractivity contribution is 6.04. The molecule has 0 saturated carbocycles. The van der Waals surface area contributed by atoms with Crippen LogP contribution in [0.25, 0.3) is 0 Å². The molecule has 1 rings (SSSR count). The molecule has 3 amide bonds. The quantitative estimate of drug-likeness (QED) is 0.224. The summed E-state index contributed by atoms with van der Waals surface area (Å²) in [6, 6.07) is -0.590. The minimum atomic E-state index is -0.357. The van der Waals surface area contributed by atoms with Crippen LogP contribution < -0.4 is 5.32 Å². The largest absolute Gasteiger partial charge is 0.396 e. The van der Waals surface area contributed by atoms with Gasteiger partial charge in [-0.05, 0) is 68.6 Å². The van der Waals surface area contributed by atoms with Crippen molar-refractivity contribution in [1.82, 2.24) is 10.2 Å². The average Bonchev–Trinajstić information content (AvgIpc) is 3.07. The Labute approximate surface area is 190 Å². The van der Waals surface area contributed by atoms with Gasteiger partial charge in [-0.2, -0.15) is 0 Å². The monoisotopic (exact) mass is 440 g/mol. The summed E-state index contributed by atoms with van der Waals surface area (Å²) in [5, 5.41) is 12.5. The average molecular weight is 441 g/mol. The van der Waals surface area contributed by atoms with Crippen molar-refractivity contribution in [2.45, 2.75) is 111 Å². The van der Waals surface area contributed by atoms with Crippen molar-refractivity contribution in [2.24, 2.45) is 10.8 Å². The smallest absolute Gasteiger partial charge is 0.324 e. The van der Waals surface area contributed by atoms with Crippen LogP contribution >= 0.6 is 0 Å². The van der Waals surface area contributed by atoms with E-state index in [1.165, 1.54) is 4.90 Å². The molecule has 1 fully saturated rings. The third kappa shape index (κ3) is 8.05. The number of aliphatic hydroxyl groups excluding tert-OH is 1. The Morgan fingerprint density at radius 2 is 1.39 bits per heavy atom. The van der Waals surface area contributed by atoms with Crippen molar-refractivity contribution in [1.29, 1.82) is 0 Å². The summed E-state index contributed by atoms with van der Waals surface area (Å²) < 4.78 is 5.84. The van der Waals surface area contributed by atoms with Gasteiger partial charge in [0.05, 0.1) is 0 Å². The molecule has 1 unspecified atom stereocenters. The molecule has 0 aliphatic carbocycles. The van der Waals surface area contributed by atoms with Gasteiger partial charge < -0.3 is 15.2 Å². The van der Waals surface area contributed by atoms with Gasteiger partial charge in [0, 0.05) is 26.4 Å². The van der Waals surface area contributed by atoms with E-state index in [0.29, 0.717) is 13.0 Å². The Balaban J connectivity index is 2.31. The molecule has 0 aromatic carbocycles. The third-order valence-electron chi connectivity index (χ3n) is 7.84. The zero-order valence-corrected chi connectivity index (χ0v) is 20.8. The van der Waals surface area contributed by atoms with Crippen molar-refractivity contribution in [3.63, 3.8) is 0 Å². The summed E-state index contributed by atoms with van der Waals surface area (Å²) in [5.74, 6) is -0.0709. The third-order valence-corrected chi connectivity index (χ3v) is 7.84. The maximum absolute atomic E-state index is 12.5. The van der Waals surface area contributed by atoms with Crippen molar-refractivity contribution in [2.75, 3.05) is 26.4 Å². The van der Waals surface area contributed by atoms with E-state index in [2.05, 4.69) is 33.0 Å². The Kier molecular flexibility index (Phi) is 12.7. The molecule has 1 heterocycles. The summed E-state index contributed by atoms with van der Waals surface area (Å²) in [7, 11) is 0. The standard InChI is InChI=1S/C25H48N2O4/c1-6-21-22(29)27(23(30)26-21)19-24(7-2,8-3)15-11-13-17-31-18-14-12-16-25(9-4,10-5)20-28/h21,28H,6-20H2,1-5H3,(H,26,30). The number of hydrogen-bond acceptors (Lipinski definition) is 4. The number of imide groups is 1. The zero-order valence-electron chi connectivity index (χ0n) is 20.8. The van der Waals surface area contributed by atoms with Crippen molar-refractivity contribution < 1.29 is 19.4 Å². The summed E-state index contributed by atoms with van der Waals surface area (Å²) >= 11 is 0. The van der Waals surface area contributed by atoms with Gasteiger partial charge in [-0.25, -0.2) is 4.79 Å². The molecule has 0 aromatic rings. The van der Waals surface area contributed by atoms with Gasteiger partial charge >= 0.3 is 6.03 Å². The van der Waals surface area contributed by atoms with Crippen LogP contribution in [0.5, 0.6) is 0 Å². The number of nitrogens with one attached hydrogen (secondary N) is 1. The highest BCUT2D eigenvalue weighted by atomic mass is 16.5. The highest BCUT2D eigenvalue weighted by Gasteiger charge is 2.41. The normalized spacial score (nSPS) is 17.5. The molecule has 0 bridgehead atoms. The van der Waals surface area contributed by atoms with Crippen molar-refractivity contribution in [3.05, 3.63) is 0 Å². The van der Waals surface area contributed by atoms with Gasteiger partial charge in [0.25, 0.3) is 5.91 Å². The molecule has 1 aliphatic heterocycles. The maximum atomic E-state index is 12.5. The van der Waals surface area contributed by atoms with Crippen LogP contribution in [-0.2, 0) is 9.53 Å². The number of urea groups is 1. The van der Waals surface area contributed by atoms with Crippen LogP contribution in [0.4, 0.5) is 4.79 Å². The van der Waals surface area contributed by atoms with Crippen LogP contribution in [0.1, 0.15) is 105 Å². The number of unbranched alkanes of at least 4 members (excludes halogenated alkanes) is 2. The molecule has 31 heavy (non-hydrogen) atoms. The number of carbonyl (C=O) groups is 2. The topological polar surface area (TPSA) is 78.9 Å². The second-order valence-corrected chi connectivity index (χ2v) is 9.43. The molecule has 6 heteroatoms. The highest BCUT2D eigenvalue weighted by Crippen LogP contribution is 2.35. The first kappa shape index (κ1) is 27.9. The van der Waals surface area contributed by atoms with Gasteiger partial charge in [0.1, 0.15) is 6.04 Å². The van der Waals surface area contributed by atoms with E-state index in [-0.39, 0.29) is 35.4 Å². The predicted octanol–water partition coefficient (Wildman–Crippen LogP) is 5.28. The number of rotatable bonds is 18. The maximum Gasteiger partial charge on any atom is 0.324 e. The summed E-state index contributed by atoms with van der Waals surface area (Å²) in [6.07, 6.45) is 10.9. The van der Waals surface area contributed by atoms with Gasteiger partial charge in [0.2, 0.25) is 0 Å². The fourth-order valence-electron chi connectivity index (χ4n) is 4.66. The number of carbonyl (C=O) groups excluding carboxylic acids is 2. The molecule has 6 nitrogen and oxygen atoms in total. The summed E-state index contributed by atoms with van der Waals surface area (Å²) in [6.45, 7) is 12.9. The lowest BCUT2D eigenvalue weighted by Crippen LogP contribution is -2.41. The molecule has 0 spiro atoms. The predicted molar refractivity (Wildman–Crippen MR) is 126 cm³/mol. The first-order valence-corrected chi connectivity index (χ1v) is 12.7. The Morgan fingerprint density at radius 3 is 1.81 bits per heavy atom. The van der Waals surface area contributed by atoms with Crippen molar-refractivity contribution in [3.8, 4) is 0 Å². The lowest BCUT2D eigenvalue weighted by Gasteiger charge is -2.34. The Morgan fingerprint density at radius 1 is 0.871 bits per heavy atom. The fourth-order valence-corrected chi connectivity index (χ4v) is 4.66. The van der Waals surface area contributed by atoms with Crippen LogP contribution in [0.2, 0.25) is 0 Å². The molecular weight excluding hydrogens is 392 g/mol. The van der Waals surface area contributed by atoms with E-state index in [9.17, 15) is 14.7 Å². The van der Waals surface area contributed by atoms with Crippen molar-refractivity contribution >= 4 is 11.9 Å². The van der Waals surface area contributed by atoms with E-state index >= 15 is 0 Å². The van der Waals surface area contributed by atoms with Gasteiger partial charge in [0.15, 0.2) is 0 Å². The van der Waals surface area contributed by atoms with Gasteiger partial charge in [-0.3, -0.25) is 9.69 Å². The fraction of sp³-hybridized carbons (Fsp3) is 0.920. The number of nitrogens with zero attached hydrogens (tertiary/aromatic N) is 1. The first-order chi connectivity index (χ1) is 14.9. The SMILES string of the molecule is CCC1NC(=O)N(CC(CC)(CC)CCCCOCCCCC(CC)(CC)CO)C1=O. The van der Waals surface area contributed by atoms with Gasteiger partial charge in [-0.15, -0.1) is 0 Å². The second-order valence-electron chi connectivity index (χ2n) is 9.43. The molecule has 1 saturated heterocycles. The molecule has 1 aliphatic rings. The molecular formula is C25H48N2O4. The molecule has 1 atom stereocenters. The number of aliphatic hydroxyl groups is 1. The summed E-state index contributed by atoms with van der Waals surface area (Å²) in [4.78, 5) is 26.2. The number of amides is 3. The van der Waals surface area contributed by atoms with E-state index in [1.54, 1.807) is 0 Å². The number of ether oxygens (including phenoxy) is 1. The first-order valence-electron chi connectivity index (χ1n) is 12.7. The van der Waals surface area contributed by atoms with Crippen LogP contribution in [-0.4, -0.2) is 54.4 Å². The minimum Gasteiger partial charge on any atom is -0.396 e. The Bertz CT molecular complexity index is 521. The van der Waals surface area contributed by atoms with E-state index in [0.717, 1.165) is 77.4 Å². The van der Waals surface area contributed by atoms with E-state index in [4.69, 9.17) is 4.74 Å². The van der Waals surface area contributed by atoms with Crippen LogP contribution in [0.3, 0.4) is 0 Å². The second kappa shape index (κ2) is 14.1. The summed E-state index contributed by atoms with van der Waals surface area (Å²) in [5.41, 5.74) is 0.0813. The molecule has 0 radical (unpaired) electrons. The van der Waals surface area contributed by atoms with Gasteiger partial charge in [-0.1, -0.05) is 47.5 Å².